The summed E-state index contributed by atoms with van der Waals surface area (Å²) in [5.41, 5.74) is 6.37. The number of carbonyl (C=O) groups is 1. The second-order valence-electron chi connectivity index (χ2n) is 3.34. The van der Waals surface area contributed by atoms with Crippen molar-refractivity contribution in [1.82, 2.24) is 0 Å². The average molecular weight is 356 g/mol. The van der Waals surface area contributed by atoms with Crippen molar-refractivity contribution in [2.45, 2.75) is 0 Å². The maximum Gasteiger partial charge on any atom is 0.400 e. The van der Waals surface area contributed by atoms with Gasteiger partial charge in [-0.25, -0.2) is 4.79 Å². The number of oxime groups is 1. The van der Waals surface area contributed by atoms with Crippen LogP contribution >= 0.6 is 22.6 Å². The summed E-state index contributed by atoms with van der Waals surface area (Å²) in [4.78, 5) is 16.1. The zero-order valence-corrected chi connectivity index (χ0v) is 11.3. The van der Waals surface area contributed by atoms with Gasteiger partial charge in [-0.1, -0.05) is 17.3 Å². The topological polar surface area (TPSA) is 77.8 Å². The molecule has 0 atom stereocenters. The van der Waals surface area contributed by atoms with Crippen LogP contribution in [0.15, 0.2) is 52.2 Å². The van der Waals surface area contributed by atoms with Gasteiger partial charge in [-0.05, 0) is 46.9 Å². The second kappa shape index (κ2) is 5.67. The molecule has 1 aromatic carbocycles. The fourth-order valence-electron chi connectivity index (χ4n) is 1.20. The third-order valence-electron chi connectivity index (χ3n) is 2.09. The number of halogens is 1. The average Bonchev–Trinajstić information content (AvgIpc) is 2.90. The van der Waals surface area contributed by atoms with E-state index in [1.807, 2.05) is 12.1 Å². The van der Waals surface area contributed by atoms with Gasteiger partial charge in [-0.2, -0.15) is 0 Å². The van der Waals surface area contributed by atoms with Gasteiger partial charge in [0.25, 0.3) is 0 Å². The summed E-state index contributed by atoms with van der Waals surface area (Å²) < 4.78 is 5.94. The van der Waals surface area contributed by atoms with Crippen molar-refractivity contribution in [2.24, 2.45) is 10.9 Å². The number of nitrogens with two attached hydrogens (primary N) is 1. The van der Waals surface area contributed by atoms with Crippen LogP contribution < -0.4 is 5.73 Å². The first kappa shape index (κ1) is 12.6. The van der Waals surface area contributed by atoms with E-state index in [-0.39, 0.29) is 11.6 Å². The van der Waals surface area contributed by atoms with Gasteiger partial charge in [-0.3, -0.25) is 0 Å². The lowest BCUT2D eigenvalue weighted by Crippen LogP contribution is -2.15. The molecule has 92 valence electrons. The van der Waals surface area contributed by atoms with Gasteiger partial charge < -0.3 is 15.0 Å². The third kappa shape index (κ3) is 3.10. The summed E-state index contributed by atoms with van der Waals surface area (Å²) in [6, 6.07) is 10.4. The molecule has 0 bridgehead atoms. The Morgan fingerprint density at radius 1 is 1.28 bits per heavy atom. The lowest BCUT2D eigenvalue weighted by atomic mass is 10.2. The van der Waals surface area contributed by atoms with Crippen molar-refractivity contribution in [3.05, 3.63) is 57.6 Å². The standard InChI is InChI=1S/C12H9IN2O3/c13-9-5-3-8(4-6-9)11(14)15-18-12(16)10-2-1-7-17-10/h1-7H,(H2,14,15). The normalized spacial score (nSPS) is 11.3. The second-order valence-corrected chi connectivity index (χ2v) is 4.59. The summed E-state index contributed by atoms with van der Waals surface area (Å²) >= 11 is 2.18. The first-order valence-corrected chi connectivity index (χ1v) is 6.09. The van der Waals surface area contributed by atoms with Crippen molar-refractivity contribution in [3.63, 3.8) is 0 Å². The van der Waals surface area contributed by atoms with Gasteiger partial charge >= 0.3 is 5.97 Å². The number of nitrogens with zero attached hydrogens (tertiary/aromatic N) is 1. The Labute approximate surface area is 117 Å². The number of benzene rings is 1. The SMILES string of the molecule is NC(=NOC(=O)c1ccco1)c1ccc(I)cc1. The molecule has 0 saturated carbocycles. The first-order valence-electron chi connectivity index (χ1n) is 5.01. The molecule has 6 heteroatoms. The van der Waals surface area contributed by atoms with Crippen LogP contribution in [0.25, 0.3) is 0 Å². The Balaban J connectivity index is 2.05. The molecule has 0 aliphatic heterocycles. The lowest BCUT2D eigenvalue weighted by Gasteiger charge is -2.00. The van der Waals surface area contributed by atoms with Crippen molar-refractivity contribution >= 4 is 34.4 Å². The third-order valence-corrected chi connectivity index (χ3v) is 2.81. The first-order chi connectivity index (χ1) is 8.66. The molecule has 2 aromatic rings. The predicted molar refractivity (Wildman–Crippen MR) is 74.0 cm³/mol. The molecule has 0 fully saturated rings. The Morgan fingerprint density at radius 2 is 2.00 bits per heavy atom. The zero-order chi connectivity index (χ0) is 13.0. The molecule has 1 aromatic heterocycles. The van der Waals surface area contributed by atoms with E-state index < -0.39 is 5.97 Å². The van der Waals surface area contributed by atoms with Gasteiger partial charge in [0, 0.05) is 9.13 Å². The number of furan rings is 1. The van der Waals surface area contributed by atoms with Crippen LogP contribution in [0.5, 0.6) is 0 Å². The highest BCUT2D eigenvalue weighted by Crippen LogP contribution is 2.07. The van der Waals surface area contributed by atoms with Crippen molar-refractivity contribution in [2.75, 3.05) is 0 Å². The molecule has 5 nitrogen and oxygen atoms in total. The summed E-state index contributed by atoms with van der Waals surface area (Å²) in [6.07, 6.45) is 1.38. The molecule has 0 aliphatic rings. The summed E-state index contributed by atoms with van der Waals surface area (Å²) in [6.45, 7) is 0. The highest BCUT2D eigenvalue weighted by molar-refractivity contribution is 14.1. The van der Waals surface area contributed by atoms with Gasteiger partial charge in [0.2, 0.25) is 5.76 Å². The smallest absolute Gasteiger partial charge is 0.400 e. The molecule has 0 aliphatic carbocycles. The molecule has 0 spiro atoms. The van der Waals surface area contributed by atoms with Crippen LogP contribution in [0, 0.1) is 3.57 Å². The highest BCUT2D eigenvalue weighted by atomic mass is 127. The van der Waals surface area contributed by atoms with Crippen molar-refractivity contribution < 1.29 is 14.0 Å². The summed E-state index contributed by atoms with van der Waals surface area (Å²) in [5, 5.41) is 3.56. The molecular weight excluding hydrogens is 347 g/mol. The van der Waals surface area contributed by atoms with Crippen LogP contribution in [-0.4, -0.2) is 11.8 Å². The van der Waals surface area contributed by atoms with E-state index in [0.29, 0.717) is 5.56 Å². The monoisotopic (exact) mass is 356 g/mol. The van der Waals surface area contributed by atoms with E-state index in [2.05, 4.69) is 32.6 Å². The number of hydrogen-bond donors (Lipinski definition) is 1. The van der Waals surface area contributed by atoms with Gasteiger partial charge in [0.1, 0.15) is 0 Å². The molecular formula is C12H9IN2O3. The minimum absolute atomic E-state index is 0.0779. The van der Waals surface area contributed by atoms with E-state index >= 15 is 0 Å². The van der Waals surface area contributed by atoms with Crippen LogP contribution in [0.3, 0.4) is 0 Å². The van der Waals surface area contributed by atoms with Crippen molar-refractivity contribution in [1.29, 1.82) is 0 Å². The molecule has 2 N–H and O–H groups in total. The predicted octanol–water partition coefficient (Wildman–Crippen LogP) is 2.36. The largest absolute Gasteiger partial charge is 0.457 e. The Morgan fingerprint density at radius 3 is 2.61 bits per heavy atom. The fraction of sp³-hybridized carbons (Fsp3) is 0. The van der Waals surface area contributed by atoms with E-state index in [0.717, 1.165) is 3.57 Å². The van der Waals surface area contributed by atoms with Gasteiger partial charge in [-0.15, -0.1) is 0 Å². The van der Waals surface area contributed by atoms with Gasteiger partial charge in [0.15, 0.2) is 5.84 Å². The van der Waals surface area contributed by atoms with Gasteiger partial charge in [0.05, 0.1) is 6.26 Å². The number of rotatable bonds is 3. The maximum atomic E-state index is 11.4. The fourth-order valence-corrected chi connectivity index (χ4v) is 1.56. The minimum atomic E-state index is -0.687. The molecule has 2 rings (SSSR count). The van der Waals surface area contributed by atoms with E-state index in [9.17, 15) is 4.79 Å². The molecule has 0 unspecified atom stereocenters. The number of amidine groups is 1. The van der Waals surface area contributed by atoms with Crippen LogP contribution in [-0.2, 0) is 4.84 Å². The lowest BCUT2D eigenvalue weighted by molar-refractivity contribution is 0.0479. The van der Waals surface area contributed by atoms with E-state index in [1.165, 1.54) is 12.3 Å². The summed E-state index contributed by atoms with van der Waals surface area (Å²) in [5.74, 6) is -0.478. The molecule has 18 heavy (non-hydrogen) atoms. The van der Waals surface area contributed by atoms with E-state index in [4.69, 9.17) is 10.2 Å². The summed E-state index contributed by atoms with van der Waals surface area (Å²) in [7, 11) is 0. The molecule has 0 amide bonds. The van der Waals surface area contributed by atoms with Crippen molar-refractivity contribution in [3.8, 4) is 0 Å². The van der Waals surface area contributed by atoms with E-state index in [1.54, 1.807) is 18.2 Å². The Bertz CT molecular complexity index is 562. The Kier molecular flexibility index (Phi) is 3.98. The van der Waals surface area contributed by atoms with Crippen LogP contribution in [0.1, 0.15) is 16.1 Å². The quantitative estimate of drug-likeness (QED) is 0.301. The number of hydrogen-bond acceptors (Lipinski definition) is 4. The Hall–Kier alpha value is -1.83. The zero-order valence-electron chi connectivity index (χ0n) is 9.17. The molecule has 0 radical (unpaired) electrons. The molecule has 0 saturated heterocycles. The number of carbonyl (C=O) groups excluding carboxylic acids is 1. The minimum Gasteiger partial charge on any atom is -0.457 e. The maximum absolute atomic E-state index is 11.4. The van der Waals surface area contributed by atoms with Crippen LogP contribution in [0.2, 0.25) is 0 Å². The molecule has 1 heterocycles. The van der Waals surface area contributed by atoms with Crippen LogP contribution in [0.4, 0.5) is 0 Å². The highest BCUT2D eigenvalue weighted by Gasteiger charge is 2.10.